The van der Waals surface area contributed by atoms with Crippen molar-refractivity contribution in [1.29, 1.82) is 0 Å². The zero-order valence-corrected chi connectivity index (χ0v) is 45.7. The number of aryl methyl sites for hydroxylation is 1. The van der Waals surface area contributed by atoms with Crippen LogP contribution >= 0.6 is 11.3 Å². The summed E-state index contributed by atoms with van der Waals surface area (Å²) < 4.78 is 9.84. The Hall–Kier alpha value is -5.78. The lowest BCUT2D eigenvalue weighted by molar-refractivity contribution is 0.332. The van der Waals surface area contributed by atoms with Gasteiger partial charge in [-0.25, -0.2) is 0 Å². The van der Waals surface area contributed by atoms with Gasteiger partial charge in [-0.15, -0.1) is 11.3 Å². The first-order chi connectivity index (χ1) is 34.0. The van der Waals surface area contributed by atoms with Crippen LogP contribution in [-0.4, -0.2) is 6.85 Å². The van der Waals surface area contributed by atoms with Crippen LogP contribution in [-0.2, 0) is 32.5 Å². The number of para-hydroxylation sites is 1. The molecule has 3 nitrogen and oxygen atoms in total. The summed E-state index contributed by atoms with van der Waals surface area (Å²) in [6.45, 7) is 32.0. The lowest BCUT2D eigenvalue weighted by Gasteiger charge is -2.49. The van der Waals surface area contributed by atoms with Crippen molar-refractivity contribution >= 4 is 99.7 Å². The Morgan fingerprint density at radius 1 is 0.458 bits per heavy atom. The second-order valence-corrected chi connectivity index (χ2v) is 28.0. The highest BCUT2D eigenvalue weighted by Crippen LogP contribution is 2.58. The zero-order valence-electron chi connectivity index (χ0n) is 44.9. The maximum atomic E-state index is 7.17. The van der Waals surface area contributed by atoms with Crippen molar-refractivity contribution in [3.63, 3.8) is 0 Å². The minimum Gasteiger partial charge on any atom is -0.456 e. The molecule has 0 amide bonds. The van der Waals surface area contributed by atoms with Crippen molar-refractivity contribution in [3.8, 4) is 11.1 Å². The van der Waals surface area contributed by atoms with E-state index in [4.69, 9.17) is 4.42 Å². The van der Waals surface area contributed by atoms with Gasteiger partial charge < -0.3 is 14.1 Å². The quantitative estimate of drug-likeness (QED) is 0.161. The van der Waals surface area contributed by atoms with E-state index in [0.717, 1.165) is 30.4 Å². The molecule has 0 saturated carbocycles. The number of thiophene rings is 1. The first kappa shape index (κ1) is 44.9. The van der Waals surface area contributed by atoms with Crippen LogP contribution in [0.15, 0.2) is 114 Å². The Labute approximate surface area is 431 Å². The van der Waals surface area contributed by atoms with Gasteiger partial charge in [-0.05, 0) is 188 Å². The highest BCUT2D eigenvalue weighted by Gasteiger charge is 2.50. The number of benzene rings is 7. The number of anilines is 5. The SMILES string of the molecule is Cc1cc2c(cc1N1c3cc4c(cc3B3c5c1cc1oc6ccccc6c1c5-c1cc5c(cc1N3c1ccc3c(c1)C(C)(C)CCC3(C)C)C(C)(C)CCC5(C)C)sc1ccccc14)C(C)(C)CCC2(C)C. The van der Waals surface area contributed by atoms with Crippen LogP contribution in [0.5, 0.6) is 0 Å². The fourth-order valence-electron chi connectivity index (χ4n) is 14.7. The second-order valence-electron chi connectivity index (χ2n) is 26.9. The van der Waals surface area contributed by atoms with E-state index in [-0.39, 0.29) is 39.3 Å². The summed E-state index contributed by atoms with van der Waals surface area (Å²) in [6, 6.07) is 43.7. The number of hydrogen-bond donors (Lipinski definition) is 0. The monoisotopic (exact) mass is 961 g/mol. The molecule has 0 spiro atoms. The Morgan fingerprint density at radius 3 is 1.68 bits per heavy atom. The Bertz CT molecular complexity index is 3870. The van der Waals surface area contributed by atoms with E-state index >= 15 is 0 Å². The van der Waals surface area contributed by atoms with Crippen LogP contribution in [0, 0.1) is 6.92 Å². The minimum absolute atomic E-state index is 0.0155. The zero-order chi connectivity index (χ0) is 50.0. The molecule has 362 valence electrons. The van der Waals surface area contributed by atoms with E-state index in [9.17, 15) is 0 Å². The molecule has 0 fully saturated rings. The standard InChI is InChI=1S/C67H69BN2OS/c1-38-30-45-48(66(10,11)28-26-63(45,4)5)34-51(38)69-53-33-42-40-18-15-17-21-57(40)72-58(42)36-50(53)68-61-54(69)37-56-59(41-19-14-16-20-55(41)71-56)60(61)43-32-47-49(67(12,13)29-27-65(47,8)9)35-52(43)70(68)39-22-23-44-46(31-39)64(6,7)25-24-62(44,2)3/h14-23,30-37H,24-29H2,1-13H3. The molecule has 14 rings (SSSR count). The van der Waals surface area contributed by atoms with Crippen LogP contribution in [0.3, 0.4) is 0 Å². The largest absolute Gasteiger partial charge is 0.456 e. The number of hydrogen-bond acceptors (Lipinski definition) is 4. The third-order valence-electron chi connectivity index (χ3n) is 19.5. The van der Waals surface area contributed by atoms with Crippen molar-refractivity contribution in [3.05, 3.63) is 148 Å². The maximum Gasteiger partial charge on any atom is 0.333 e. The van der Waals surface area contributed by atoms with Crippen LogP contribution in [0.2, 0.25) is 0 Å². The van der Waals surface area contributed by atoms with E-state index in [0.29, 0.717) is 0 Å². The Kier molecular flexibility index (Phi) is 8.91. The normalized spacial score (nSPS) is 20.3. The molecule has 4 heterocycles. The summed E-state index contributed by atoms with van der Waals surface area (Å²) in [7, 11) is 0. The van der Waals surface area contributed by atoms with Gasteiger partial charge in [0.25, 0.3) is 0 Å². The minimum atomic E-state index is -0.134. The summed E-state index contributed by atoms with van der Waals surface area (Å²) in [5.41, 5.74) is 24.1. The highest BCUT2D eigenvalue weighted by atomic mass is 32.1. The van der Waals surface area contributed by atoms with Gasteiger partial charge in [0.2, 0.25) is 0 Å². The topological polar surface area (TPSA) is 19.6 Å². The average Bonchev–Trinajstić information content (AvgIpc) is 3.90. The second kappa shape index (κ2) is 14.3. The van der Waals surface area contributed by atoms with Crippen LogP contribution < -0.4 is 20.6 Å². The van der Waals surface area contributed by atoms with Crippen molar-refractivity contribution in [2.45, 2.75) is 161 Å². The summed E-state index contributed by atoms with van der Waals surface area (Å²) >= 11 is 1.94. The molecule has 0 N–H and O–H groups in total. The van der Waals surface area contributed by atoms with Gasteiger partial charge >= 0.3 is 6.85 Å². The maximum absolute atomic E-state index is 7.17. The number of rotatable bonds is 2. The van der Waals surface area contributed by atoms with E-state index < -0.39 is 0 Å². The smallest absolute Gasteiger partial charge is 0.333 e. The van der Waals surface area contributed by atoms with Crippen molar-refractivity contribution in [2.75, 3.05) is 9.71 Å². The molecule has 0 saturated heterocycles. The molecule has 7 aromatic carbocycles. The number of nitrogens with zero attached hydrogens (tertiary/aromatic N) is 2. The Balaban J connectivity index is 1.18. The van der Waals surface area contributed by atoms with E-state index in [1.807, 2.05) is 11.3 Å². The van der Waals surface area contributed by atoms with E-state index in [1.165, 1.54) is 140 Å². The predicted octanol–water partition coefficient (Wildman–Crippen LogP) is 18.0. The van der Waals surface area contributed by atoms with Gasteiger partial charge in [-0.2, -0.15) is 0 Å². The van der Waals surface area contributed by atoms with Crippen LogP contribution in [0.1, 0.15) is 161 Å². The molecule has 2 aromatic heterocycles. The molecule has 0 bridgehead atoms. The predicted molar refractivity (Wildman–Crippen MR) is 311 cm³/mol. The van der Waals surface area contributed by atoms with Crippen LogP contribution in [0.25, 0.3) is 53.2 Å². The first-order valence-electron chi connectivity index (χ1n) is 27.1. The average molecular weight is 961 g/mol. The van der Waals surface area contributed by atoms with Gasteiger partial charge in [-0.3, -0.25) is 0 Å². The third kappa shape index (κ3) is 6.04. The molecule has 5 heteroatoms. The molecule has 2 aliphatic heterocycles. The van der Waals surface area contributed by atoms with E-state index in [1.54, 1.807) is 0 Å². The fraction of sp³-hybridized carbons (Fsp3) is 0.373. The van der Waals surface area contributed by atoms with Gasteiger partial charge in [0.05, 0.1) is 0 Å². The third-order valence-corrected chi connectivity index (χ3v) is 20.7. The highest BCUT2D eigenvalue weighted by molar-refractivity contribution is 7.26. The molecule has 0 atom stereocenters. The molecule has 9 aromatic rings. The molecule has 0 unspecified atom stereocenters. The van der Waals surface area contributed by atoms with Gasteiger partial charge in [0.1, 0.15) is 11.2 Å². The van der Waals surface area contributed by atoms with Crippen molar-refractivity contribution < 1.29 is 4.42 Å². The summed E-state index contributed by atoms with van der Waals surface area (Å²) in [4.78, 5) is 5.52. The Morgan fingerprint density at radius 2 is 1.01 bits per heavy atom. The summed E-state index contributed by atoms with van der Waals surface area (Å²) in [5, 5.41) is 5.06. The fourth-order valence-corrected chi connectivity index (χ4v) is 15.9. The first-order valence-corrected chi connectivity index (χ1v) is 27.9. The molecular weight excluding hydrogens is 892 g/mol. The molecular formula is C67H69BN2OS. The van der Waals surface area contributed by atoms with Gasteiger partial charge in [0, 0.05) is 71.0 Å². The van der Waals surface area contributed by atoms with Crippen molar-refractivity contribution in [1.82, 2.24) is 0 Å². The van der Waals surface area contributed by atoms with Gasteiger partial charge in [0.15, 0.2) is 0 Å². The molecule has 5 aliphatic rings. The van der Waals surface area contributed by atoms with Gasteiger partial charge in [-0.1, -0.05) is 132 Å². The number of fused-ring (bicyclic) bond motifs is 14. The van der Waals surface area contributed by atoms with E-state index in [2.05, 4.69) is 209 Å². The molecule has 0 radical (unpaired) electrons. The molecule has 72 heavy (non-hydrogen) atoms. The summed E-state index contributed by atoms with van der Waals surface area (Å²) in [6.07, 6.45) is 7.01. The number of furan rings is 1. The molecule has 3 aliphatic carbocycles. The van der Waals surface area contributed by atoms with Crippen LogP contribution in [0.4, 0.5) is 28.4 Å². The lowest BCUT2D eigenvalue weighted by Crippen LogP contribution is -2.61. The lowest BCUT2D eigenvalue weighted by atomic mass is 9.43. The van der Waals surface area contributed by atoms with Crippen molar-refractivity contribution in [2.24, 2.45) is 0 Å². The summed E-state index contributed by atoms with van der Waals surface area (Å²) in [5.74, 6) is 0.